The van der Waals surface area contributed by atoms with Crippen molar-refractivity contribution in [1.82, 2.24) is 0 Å². The van der Waals surface area contributed by atoms with Gasteiger partial charge < -0.3 is 14.8 Å². The molecule has 0 amide bonds. The Balaban J connectivity index is 1.80. The molecule has 0 radical (unpaired) electrons. The van der Waals surface area contributed by atoms with E-state index in [2.05, 4.69) is 21.2 Å². The van der Waals surface area contributed by atoms with Gasteiger partial charge in [0.05, 0.1) is 5.69 Å². The standard InChI is InChI=1S/C15H13BrFNO2/c1-9(18-13-4-3-11(16)7-12(13)17)10-2-5-14-15(6-10)20-8-19-14/h2-7,9,18H,8H2,1H3. The second-order valence-corrected chi connectivity index (χ2v) is 5.52. The van der Waals surface area contributed by atoms with Crippen LogP contribution >= 0.6 is 15.9 Å². The average molecular weight is 338 g/mol. The Hall–Kier alpha value is -1.75. The highest BCUT2D eigenvalue weighted by molar-refractivity contribution is 9.10. The fraction of sp³-hybridized carbons (Fsp3) is 0.200. The van der Waals surface area contributed by atoms with Crippen molar-refractivity contribution in [3.63, 3.8) is 0 Å². The number of nitrogens with one attached hydrogen (secondary N) is 1. The Kier molecular flexibility index (Phi) is 3.53. The first-order chi connectivity index (χ1) is 9.63. The number of rotatable bonds is 3. The summed E-state index contributed by atoms with van der Waals surface area (Å²) in [5.41, 5.74) is 1.48. The molecule has 1 aliphatic rings. The van der Waals surface area contributed by atoms with Gasteiger partial charge in [0.15, 0.2) is 11.5 Å². The van der Waals surface area contributed by atoms with Gasteiger partial charge in [-0.05, 0) is 42.8 Å². The van der Waals surface area contributed by atoms with Gasteiger partial charge in [-0.15, -0.1) is 0 Å². The molecule has 1 aliphatic heterocycles. The highest BCUT2D eigenvalue weighted by atomic mass is 79.9. The summed E-state index contributed by atoms with van der Waals surface area (Å²) < 4.78 is 25.2. The molecule has 0 spiro atoms. The molecule has 2 aromatic carbocycles. The fourth-order valence-electron chi connectivity index (χ4n) is 2.11. The quantitative estimate of drug-likeness (QED) is 0.894. The molecule has 0 saturated carbocycles. The predicted octanol–water partition coefficient (Wildman–Crippen LogP) is 4.49. The lowest BCUT2D eigenvalue weighted by molar-refractivity contribution is 0.174. The third-order valence-electron chi connectivity index (χ3n) is 3.20. The van der Waals surface area contributed by atoms with Crippen LogP contribution in [0.4, 0.5) is 10.1 Å². The number of hydrogen-bond donors (Lipinski definition) is 1. The molecule has 0 saturated heterocycles. The van der Waals surface area contributed by atoms with E-state index < -0.39 is 0 Å². The van der Waals surface area contributed by atoms with Crippen LogP contribution in [0.1, 0.15) is 18.5 Å². The van der Waals surface area contributed by atoms with Gasteiger partial charge in [0.25, 0.3) is 0 Å². The van der Waals surface area contributed by atoms with Crippen molar-refractivity contribution < 1.29 is 13.9 Å². The minimum atomic E-state index is -0.285. The van der Waals surface area contributed by atoms with Gasteiger partial charge in [-0.3, -0.25) is 0 Å². The molecule has 0 aromatic heterocycles. The second-order valence-electron chi connectivity index (χ2n) is 4.60. The van der Waals surface area contributed by atoms with Crippen molar-refractivity contribution in [1.29, 1.82) is 0 Å². The molecule has 1 atom stereocenters. The third-order valence-corrected chi connectivity index (χ3v) is 3.69. The zero-order valence-corrected chi connectivity index (χ0v) is 12.4. The summed E-state index contributed by atoms with van der Waals surface area (Å²) in [5, 5.41) is 3.15. The molecule has 20 heavy (non-hydrogen) atoms. The van der Waals surface area contributed by atoms with Crippen molar-refractivity contribution in [2.45, 2.75) is 13.0 Å². The van der Waals surface area contributed by atoms with Gasteiger partial charge in [-0.1, -0.05) is 22.0 Å². The molecule has 0 fully saturated rings. The van der Waals surface area contributed by atoms with Gasteiger partial charge in [-0.25, -0.2) is 4.39 Å². The largest absolute Gasteiger partial charge is 0.454 e. The van der Waals surface area contributed by atoms with Gasteiger partial charge >= 0.3 is 0 Å². The summed E-state index contributed by atoms with van der Waals surface area (Å²) in [6, 6.07) is 10.6. The van der Waals surface area contributed by atoms with Gasteiger partial charge in [0.1, 0.15) is 5.82 Å². The Labute approximate surface area is 124 Å². The molecule has 104 valence electrons. The minimum Gasteiger partial charge on any atom is -0.454 e. The smallest absolute Gasteiger partial charge is 0.231 e. The fourth-order valence-corrected chi connectivity index (χ4v) is 2.44. The zero-order chi connectivity index (χ0) is 14.1. The van der Waals surface area contributed by atoms with Crippen LogP contribution in [0.5, 0.6) is 11.5 Å². The Morgan fingerprint density at radius 3 is 2.75 bits per heavy atom. The van der Waals surface area contributed by atoms with Crippen LogP contribution in [-0.2, 0) is 0 Å². The highest BCUT2D eigenvalue weighted by Crippen LogP contribution is 2.35. The van der Waals surface area contributed by atoms with Crippen LogP contribution in [0.15, 0.2) is 40.9 Å². The second kappa shape index (κ2) is 5.32. The van der Waals surface area contributed by atoms with E-state index in [1.54, 1.807) is 12.1 Å². The van der Waals surface area contributed by atoms with Crippen LogP contribution in [0.3, 0.4) is 0 Å². The summed E-state index contributed by atoms with van der Waals surface area (Å²) in [5.74, 6) is 1.19. The lowest BCUT2D eigenvalue weighted by Crippen LogP contribution is -2.07. The summed E-state index contributed by atoms with van der Waals surface area (Å²) in [7, 11) is 0. The normalized spacial score (nSPS) is 14.2. The van der Waals surface area contributed by atoms with E-state index in [1.807, 2.05) is 25.1 Å². The molecule has 2 aromatic rings. The van der Waals surface area contributed by atoms with E-state index in [4.69, 9.17) is 9.47 Å². The predicted molar refractivity (Wildman–Crippen MR) is 78.7 cm³/mol. The van der Waals surface area contributed by atoms with Crippen LogP contribution in [0, 0.1) is 5.82 Å². The number of fused-ring (bicyclic) bond motifs is 1. The number of hydrogen-bond acceptors (Lipinski definition) is 3. The van der Waals surface area contributed by atoms with Crippen LogP contribution in [-0.4, -0.2) is 6.79 Å². The van der Waals surface area contributed by atoms with E-state index in [9.17, 15) is 4.39 Å². The molecule has 3 rings (SSSR count). The first-order valence-corrected chi connectivity index (χ1v) is 7.04. The Bertz CT molecular complexity index is 648. The number of benzene rings is 2. The van der Waals surface area contributed by atoms with E-state index in [0.29, 0.717) is 5.69 Å². The third kappa shape index (κ3) is 2.58. The monoisotopic (exact) mass is 337 g/mol. The van der Waals surface area contributed by atoms with E-state index >= 15 is 0 Å². The molecular weight excluding hydrogens is 325 g/mol. The first kappa shape index (κ1) is 13.2. The van der Waals surface area contributed by atoms with E-state index in [0.717, 1.165) is 21.5 Å². The average Bonchev–Trinajstić information content (AvgIpc) is 2.89. The SMILES string of the molecule is CC(Nc1ccc(Br)cc1F)c1ccc2c(c1)OCO2. The molecule has 3 nitrogen and oxygen atoms in total. The number of ether oxygens (including phenoxy) is 2. The highest BCUT2D eigenvalue weighted by Gasteiger charge is 2.16. The summed E-state index contributed by atoms with van der Waals surface area (Å²) >= 11 is 3.24. The Morgan fingerprint density at radius 2 is 1.95 bits per heavy atom. The number of halogens is 2. The van der Waals surface area contributed by atoms with Gasteiger partial charge in [-0.2, -0.15) is 0 Å². The molecule has 1 heterocycles. The van der Waals surface area contributed by atoms with Crippen LogP contribution in [0.2, 0.25) is 0 Å². The molecule has 1 unspecified atom stereocenters. The maximum Gasteiger partial charge on any atom is 0.231 e. The lowest BCUT2D eigenvalue weighted by Gasteiger charge is -2.16. The molecular formula is C15H13BrFNO2. The minimum absolute atomic E-state index is 0.0415. The van der Waals surface area contributed by atoms with Crippen LogP contribution < -0.4 is 14.8 Å². The zero-order valence-electron chi connectivity index (χ0n) is 10.8. The lowest BCUT2D eigenvalue weighted by atomic mass is 10.1. The van der Waals surface area contributed by atoms with E-state index in [1.165, 1.54) is 6.07 Å². The summed E-state index contributed by atoms with van der Waals surface area (Å²) in [6.45, 7) is 2.22. The molecule has 0 bridgehead atoms. The van der Waals surface area contributed by atoms with Gasteiger partial charge in [0.2, 0.25) is 6.79 Å². The molecule has 5 heteroatoms. The van der Waals surface area contributed by atoms with Crippen LogP contribution in [0.25, 0.3) is 0 Å². The summed E-state index contributed by atoms with van der Waals surface area (Å²) in [6.07, 6.45) is 0. The summed E-state index contributed by atoms with van der Waals surface area (Å²) in [4.78, 5) is 0. The number of anilines is 1. The first-order valence-electron chi connectivity index (χ1n) is 6.24. The van der Waals surface area contributed by atoms with Gasteiger partial charge in [0, 0.05) is 10.5 Å². The Morgan fingerprint density at radius 1 is 1.15 bits per heavy atom. The van der Waals surface area contributed by atoms with E-state index in [-0.39, 0.29) is 18.7 Å². The maximum absolute atomic E-state index is 13.8. The van der Waals surface area contributed by atoms with Crippen molar-refractivity contribution in [2.75, 3.05) is 12.1 Å². The molecule has 1 N–H and O–H groups in total. The molecule has 0 aliphatic carbocycles. The van der Waals surface area contributed by atoms with Crippen molar-refractivity contribution in [3.8, 4) is 11.5 Å². The maximum atomic E-state index is 13.8. The van der Waals surface area contributed by atoms with Crippen molar-refractivity contribution in [2.24, 2.45) is 0 Å². The van der Waals surface area contributed by atoms with Crippen molar-refractivity contribution in [3.05, 3.63) is 52.3 Å². The topological polar surface area (TPSA) is 30.5 Å². The van der Waals surface area contributed by atoms with Crippen molar-refractivity contribution >= 4 is 21.6 Å².